The molecule has 2 atom stereocenters. The molecule has 0 saturated carbocycles. The highest BCUT2D eigenvalue weighted by molar-refractivity contribution is 5.37. The van der Waals surface area contributed by atoms with Crippen molar-refractivity contribution in [2.45, 2.75) is 60.5 Å². The third-order valence-electron chi connectivity index (χ3n) is 3.75. The van der Waals surface area contributed by atoms with Crippen molar-refractivity contribution in [2.75, 3.05) is 0 Å². The Morgan fingerprint density at radius 2 is 1.50 bits per heavy atom. The van der Waals surface area contributed by atoms with Crippen molar-refractivity contribution in [1.29, 1.82) is 0 Å². The molecule has 0 heterocycles. The molecule has 0 aromatic heterocycles. The first-order valence-corrected chi connectivity index (χ1v) is 7.06. The molecule has 1 rings (SSSR count). The van der Waals surface area contributed by atoms with Crippen molar-refractivity contribution >= 4 is 0 Å². The number of rotatable bonds is 5. The summed E-state index contributed by atoms with van der Waals surface area (Å²) in [6.45, 7) is 13.0. The average Bonchev–Trinajstić information content (AvgIpc) is 2.21. The van der Waals surface area contributed by atoms with E-state index in [1.54, 1.807) is 0 Å². The summed E-state index contributed by atoms with van der Waals surface area (Å²) in [5.74, 6) is 1.01. The van der Waals surface area contributed by atoms with Crippen molar-refractivity contribution in [3.05, 3.63) is 34.4 Å². The van der Waals surface area contributed by atoms with Gasteiger partial charge in [-0.1, -0.05) is 38.5 Å². The Balaban J connectivity index is 2.78. The minimum Gasteiger partial charge on any atom is -0.393 e. The fourth-order valence-electron chi connectivity index (χ4n) is 2.84. The van der Waals surface area contributed by atoms with Crippen molar-refractivity contribution in [2.24, 2.45) is 11.8 Å². The molecule has 1 N–H and O–H groups in total. The second kappa shape index (κ2) is 6.38. The molecule has 1 aromatic carbocycles. The molecule has 0 radical (unpaired) electrons. The van der Waals surface area contributed by atoms with Gasteiger partial charge in [0.2, 0.25) is 0 Å². The molecule has 1 nitrogen and oxygen atoms in total. The molecule has 0 aliphatic heterocycles. The van der Waals surface area contributed by atoms with Crippen LogP contribution in [0.5, 0.6) is 0 Å². The van der Waals surface area contributed by atoms with Gasteiger partial charge in [-0.05, 0) is 62.1 Å². The second-order valence-corrected chi connectivity index (χ2v) is 6.26. The molecule has 102 valence electrons. The molecule has 1 aromatic rings. The minimum atomic E-state index is -0.229. The first-order chi connectivity index (χ1) is 8.31. The number of aliphatic hydroxyl groups excluding tert-OH is 1. The van der Waals surface area contributed by atoms with Crippen molar-refractivity contribution in [3.8, 4) is 0 Å². The second-order valence-electron chi connectivity index (χ2n) is 6.26. The van der Waals surface area contributed by atoms with Gasteiger partial charge in [-0.25, -0.2) is 0 Å². The molecule has 0 aliphatic rings. The van der Waals surface area contributed by atoms with E-state index in [-0.39, 0.29) is 6.10 Å². The Labute approximate surface area is 112 Å². The van der Waals surface area contributed by atoms with Gasteiger partial charge in [-0.3, -0.25) is 0 Å². The van der Waals surface area contributed by atoms with Crippen molar-refractivity contribution < 1.29 is 5.11 Å². The van der Waals surface area contributed by atoms with Crippen LogP contribution in [0.1, 0.15) is 49.4 Å². The van der Waals surface area contributed by atoms with Gasteiger partial charge in [-0.2, -0.15) is 0 Å². The Hall–Kier alpha value is -0.820. The molecule has 0 amide bonds. The van der Waals surface area contributed by atoms with Crippen LogP contribution in [0.3, 0.4) is 0 Å². The maximum absolute atomic E-state index is 10.3. The Bertz CT molecular complexity index is 370. The third kappa shape index (κ3) is 4.13. The zero-order valence-corrected chi connectivity index (χ0v) is 12.7. The van der Waals surface area contributed by atoms with E-state index >= 15 is 0 Å². The molecule has 0 saturated heterocycles. The molecule has 2 unspecified atom stereocenters. The summed E-state index contributed by atoms with van der Waals surface area (Å²) < 4.78 is 0. The van der Waals surface area contributed by atoms with E-state index in [0.29, 0.717) is 11.8 Å². The largest absolute Gasteiger partial charge is 0.393 e. The maximum atomic E-state index is 10.3. The van der Waals surface area contributed by atoms with Gasteiger partial charge in [-0.15, -0.1) is 0 Å². The van der Waals surface area contributed by atoms with E-state index in [1.807, 2.05) is 0 Å². The smallest absolute Gasteiger partial charge is 0.0606 e. The van der Waals surface area contributed by atoms with E-state index in [0.717, 1.165) is 12.8 Å². The Morgan fingerprint density at radius 1 is 1.00 bits per heavy atom. The van der Waals surface area contributed by atoms with Crippen LogP contribution in [0.25, 0.3) is 0 Å². The Morgan fingerprint density at radius 3 is 1.94 bits per heavy atom. The lowest BCUT2D eigenvalue weighted by molar-refractivity contribution is 0.104. The first-order valence-electron chi connectivity index (χ1n) is 7.06. The van der Waals surface area contributed by atoms with Gasteiger partial charge in [0, 0.05) is 0 Å². The zero-order valence-electron chi connectivity index (χ0n) is 12.7. The van der Waals surface area contributed by atoms with Gasteiger partial charge < -0.3 is 5.11 Å². The average molecular weight is 248 g/mol. The van der Waals surface area contributed by atoms with Gasteiger partial charge in [0.1, 0.15) is 0 Å². The number of aliphatic hydroxyl groups is 1. The van der Waals surface area contributed by atoms with Crippen LogP contribution in [0.15, 0.2) is 12.1 Å². The SMILES string of the molecule is Cc1cc(C)c(CC(O)C(C)CC(C)C)c(C)c1. The molecule has 0 aliphatic carbocycles. The van der Waals surface area contributed by atoms with Crippen molar-refractivity contribution in [1.82, 2.24) is 0 Å². The molecular weight excluding hydrogens is 220 g/mol. The molecule has 0 bridgehead atoms. The summed E-state index contributed by atoms with van der Waals surface area (Å²) >= 11 is 0. The van der Waals surface area contributed by atoms with Gasteiger partial charge in [0.05, 0.1) is 6.10 Å². The van der Waals surface area contributed by atoms with Gasteiger partial charge >= 0.3 is 0 Å². The van der Waals surface area contributed by atoms with Crippen LogP contribution in [-0.4, -0.2) is 11.2 Å². The Kier molecular flexibility index (Phi) is 5.40. The summed E-state index contributed by atoms with van der Waals surface area (Å²) in [6.07, 6.45) is 1.64. The highest BCUT2D eigenvalue weighted by atomic mass is 16.3. The van der Waals surface area contributed by atoms with Crippen LogP contribution in [0.2, 0.25) is 0 Å². The monoisotopic (exact) mass is 248 g/mol. The topological polar surface area (TPSA) is 20.2 Å². The zero-order chi connectivity index (χ0) is 13.9. The predicted molar refractivity (Wildman–Crippen MR) is 79.0 cm³/mol. The highest BCUT2D eigenvalue weighted by Crippen LogP contribution is 2.22. The van der Waals surface area contributed by atoms with E-state index in [4.69, 9.17) is 0 Å². The number of hydrogen-bond donors (Lipinski definition) is 1. The molecular formula is C17H28O. The van der Waals surface area contributed by atoms with Crippen LogP contribution in [-0.2, 0) is 6.42 Å². The minimum absolute atomic E-state index is 0.229. The van der Waals surface area contributed by atoms with Crippen LogP contribution in [0, 0.1) is 32.6 Å². The summed E-state index contributed by atoms with van der Waals surface area (Å²) in [6, 6.07) is 4.42. The van der Waals surface area contributed by atoms with Crippen molar-refractivity contribution in [3.63, 3.8) is 0 Å². The number of hydrogen-bond acceptors (Lipinski definition) is 1. The standard InChI is InChI=1S/C17H28O/c1-11(2)7-15(6)17(18)10-16-13(4)8-12(3)9-14(16)5/h8-9,11,15,17-18H,7,10H2,1-6H3. The fourth-order valence-corrected chi connectivity index (χ4v) is 2.84. The molecule has 18 heavy (non-hydrogen) atoms. The lowest BCUT2D eigenvalue weighted by Gasteiger charge is -2.22. The summed E-state index contributed by atoms with van der Waals surface area (Å²) in [4.78, 5) is 0. The summed E-state index contributed by atoms with van der Waals surface area (Å²) in [5.41, 5.74) is 5.24. The number of benzene rings is 1. The lowest BCUT2D eigenvalue weighted by Crippen LogP contribution is -2.22. The third-order valence-corrected chi connectivity index (χ3v) is 3.75. The quantitative estimate of drug-likeness (QED) is 0.828. The summed E-state index contributed by atoms with van der Waals surface area (Å²) in [7, 11) is 0. The fraction of sp³-hybridized carbons (Fsp3) is 0.647. The highest BCUT2D eigenvalue weighted by Gasteiger charge is 2.18. The predicted octanol–water partition coefficient (Wildman–Crippen LogP) is 4.20. The van der Waals surface area contributed by atoms with Gasteiger partial charge in [0.25, 0.3) is 0 Å². The lowest BCUT2D eigenvalue weighted by atomic mass is 9.87. The normalized spacial score (nSPS) is 14.9. The molecule has 0 fully saturated rings. The van der Waals surface area contributed by atoms with E-state index in [1.165, 1.54) is 22.3 Å². The first kappa shape index (κ1) is 15.2. The van der Waals surface area contributed by atoms with Crippen LogP contribution < -0.4 is 0 Å². The number of aryl methyl sites for hydroxylation is 3. The van der Waals surface area contributed by atoms with E-state index < -0.39 is 0 Å². The van der Waals surface area contributed by atoms with E-state index in [2.05, 4.69) is 53.7 Å². The van der Waals surface area contributed by atoms with Crippen LogP contribution in [0.4, 0.5) is 0 Å². The summed E-state index contributed by atoms with van der Waals surface area (Å²) in [5, 5.41) is 10.3. The molecule has 0 spiro atoms. The maximum Gasteiger partial charge on any atom is 0.0606 e. The van der Waals surface area contributed by atoms with Gasteiger partial charge in [0.15, 0.2) is 0 Å². The van der Waals surface area contributed by atoms with E-state index in [9.17, 15) is 5.11 Å². The van der Waals surface area contributed by atoms with Crippen LogP contribution >= 0.6 is 0 Å². The molecule has 1 heteroatoms.